The molecule has 0 rings (SSSR count). The zero-order valence-corrected chi connectivity index (χ0v) is 21.0. The van der Waals surface area contributed by atoms with Crippen molar-refractivity contribution >= 4 is 49.7 Å². The Hall–Kier alpha value is 0.907. The first kappa shape index (κ1) is 50.7. The van der Waals surface area contributed by atoms with Crippen LogP contribution in [0.15, 0.2) is 0 Å². The molecule has 0 aromatic rings. The molecular formula is C3H17F5LiO18P5S. The summed E-state index contributed by atoms with van der Waals surface area (Å²) >= 11 is 0. The summed E-state index contributed by atoms with van der Waals surface area (Å²) < 4.78 is 122. The van der Waals surface area contributed by atoms with Crippen molar-refractivity contribution in [2.45, 2.75) is 13.3 Å². The summed E-state index contributed by atoms with van der Waals surface area (Å²) in [6.07, 6.45) is 0.471. The third-order valence-electron chi connectivity index (χ3n) is 0.462. The van der Waals surface area contributed by atoms with E-state index in [2.05, 4.69) is 0 Å². The molecule has 18 nitrogen and oxygen atoms in total. The van der Waals surface area contributed by atoms with Crippen molar-refractivity contribution in [2.75, 3.05) is 5.75 Å². The van der Waals surface area contributed by atoms with Crippen molar-refractivity contribution in [1.29, 1.82) is 0 Å². The zero-order chi connectivity index (χ0) is 28.4. The Bertz CT molecular complexity index is 633. The first-order valence-corrected chi connectivity index (χ1v) is 14.8. The SMILES string of the molecule is CCCS(=O)(=O)O.O=P(O)(O)F.O=P(O)(O)F.O=P(O)(O)F.O=P(O)(O)F.O=P([O-])(O)F.[Li+]. The third kappa shape index (κ3) is 1310. The smallest absolute Gasteiger partial charge is 0.753 e. The van der Waals surface area contributed by atoms with Gasteiger partial charge in [-0.05, 0) is 6.42 Å². The minimum Gasteiger partial charge on any atom is -0.753 e. The summed E-state index contributed by atoms with van der Waals surface area (Å²) in [5, 5.41) is 0. The Morgan fingerprint density at radius 1 is 0.636 bits per heavy atom. The Kier molecular flexibility index (Phi) is 34.0. The Labute approximate surface area is 193 Å². The largest absolute Gasteiger partial charge is 1.00 e. The molecule has 1 unspecified atom stereocenters. The molecule has 0 aliphatic rings. The van der Waals surface area contributed by atoms with E-state index in [4.69, 9.17) is 76.3 Å². The molecule has 0 bridgehead atoms. The van der Waals surface area contributed by atoms with Gasteiger partial charge in [0.25, 0.3) is 10.1 Å². The first-order valence-electron chi connectivity index (χ1n) is 5.75. The number of hydrogen-bond donors (Lipinski definition) is 10. The van der Waals surface area contributed by atoms with Crippen LogP contribution in [0.2, 0.25) is 0 Å². The molecule has 0 aromatic carbocycles. The zero-order valence-electron chi connectivity index (χ0n) is 15.7. The second-order valence-electron chi connectivity index (χ2n) is 3.63. The fourth-order valence-electron chi connectivity index (χ4n) is 0.258. The second-order valence-corrected chi connectivity index (χ2v) is 9.89. The molecule has 0 heterocycles. The van der Waals surface area contributed by atoms with Crippen LogP contribution in [0.3, 0.4) is 0 Å². The molecule has 10 N–H and O–H groups in total. The van der Waals surface area contributed by atoms with Crippen LogP contribution in [0, 0.1) is 0 Å². The topological polar surface area (TPSA) is 345 Å². The van der Waals surface area contributed by atoms with E-state index >= 15 is 0 Å². The first-order chi connectivity index (χ1) is 13.1. The fraction of sp³-hybridized carbons (Fsp3) is 1.00. The normalized spacial score (nSPS) is 12.9. The van der Waals surface area contributed by atoms with E-state index in [1.165, 1.54) is 0 Å². The van der Waals surface area contributed by atoms with Crippen molar-refractivity contribution < 1.29 is 125 Å². The third-order valence-corrected chi connectivity index (χ3v) is 1.39. The maximum absolute atomic E-state index is 10.4. The van der Waals surface area contributed by atoms with Crippen LogP contribution >= 0.6 is 39.5 Å². The summed E-state index contributed by atoms with van der Waals surface area (Å²) in [7, 11) is -29.6. The summed E-state index contributed by atoms with van der Waals surface area (Å²) in [4.78, 5) is 71.1. The molecule has 0 aromatic heterocycles. The summed E-state index contributed by atoms with van der Waals surface area (Å²) in [5.74, 6) is -0.132. The Balaban J connectivity index is -0.0000000491. The summed E-state index contributed by atoms with van der Waals surface area (Å²) in [5.41, 5.74) is 0. The average molecular weight is 630 g/mol. The van der Waals surface area contributed by atoms with Crippen molar-refractivity contribution in [1.82, 2.24) is 0 Å². The fourth-order valence-corrected chi connectivity index (χ4v) is 0.774. The van der Waals surface area contributed by atoms with Crippen LogP contribution in [-0.2, 0) is 32.9 Å². The number of halogens is 5. The minimum atomic E-state index is -5.39. The average Bonchev–Trinajstić information content (AvgIpc) is 2.12. The van der Waals surface area contributed by atoms with Crippen LogP contribution in [-0.4, -0.2) is 62.8 Å². The van der Waals surface area contributed by atoms with E-state index in [-0.39, 0.29) is 24.6 Å². The molecular weight excluding hydrogens is 613 g/mol. The van der Waals surface area contributed by atoms with E-state index < -0.39 is 49.7 Å². The molecule has 0 fully saturated rings. The summed E-state index contributed by atoms with van der Waals surface area (Å²) in [6.45, 7) is 1.69. The van der Waals surface area contributed by atoms with Crippen molar-refractivity contribution in [3.8, 4) is 0 Å². The standard InChI is InChI=1S/C3H8O3S.5FH2O3P.Li/c1-2-3-7(4,5)6;5*1-5(2,3)4;/h2-3H2,1H3,(H,4,5,6);5*(H2,2,3,4);/q;;;;;;+1/p-1. The van der Waals surface area contributed by atoms with Gasteiger partial charge in [-0.25, -0.2) is 18.3 Å². The molecule has 0 saturated carbocycles. The van der Waals surface area contributed by atoms with Crippen LogP contribution in [0.1, 0.15) is 13.3 Å². The molecule has 204 valence electrons. The molecule has 0 radical (unpaired) electrons. The van der Waals surface area contributed by atoms with Crippen LogP contribution in [0.4, 0.5) is 21.0 Å². The predicted molar refractivity (Wildman–Crippen MR) is 90.2 cm³/mol. The van der Waals surface area contributed by atoms with Gasteiger partial charge in [-0.1, -0.05) is 6.92 Å². The van der Waals surface area contributed by atoms with Crippen LogP contribution in [0.5, 0.6) is 0 Å². The van der Waals surface area contributed by atoms with E-state index in [0.29, 0.717) is 6.42 Å². The quantitative estimate of drug-likeness (QED) is 0.0625. The molecule has 0 spiro atoms. The maximum atomic E-state index is 10.4. The minimum absolute atomic E-state index is 0. The predicted octanol–water partition coefficient (Wildman–Crippen LogP) is -3.10. The second kappa shape index (κ2) is 22.1. The van der Waals surface area contributed by atoms with Crippen LogP contribution in [0.25, 0.3) is 0 Å². The summed E-state index contributed by atoms with van der Waals surface area (Å²) in [6, 6.07) is 0. The van der Waals surface area contributed by atoms with Gasteiger partial charge in [-0.15, -0.1) is 16.8 Å². The van der Waals surface area contributed by atoms with Gasteiger partial charge in [0.05, 0.1) is 5.75 Å². The van der Waals surface area contributed by atoms with E-state index in [1.807, 2.05) is 0 Å². The van der Waals surface area contributed by atoms with Crippen molar-refractivity contribution in [3.63, 3.8) is 0 Å². The molecule has 1 atom stereocenters. The van der Waals surface area contributed by atoms with Crippen molar-refractivity contribution in [2.24, 2.45) is 0 Å². The Morgan fingerprint density at radius 3 is 0.727 bits per heavy atom. The van der Waals surface area contributed by atoms with E-state index in [9.17, 15) is 29.4 Å². The van der Waals surface area contributed by atoms with Gasteiger partial charge in [0.1, 0.15) is 0 Å². The van der Waals surface area contributed by atoms with Gasteiger partial charge >= 0.3 is 58.4 Å². The van der Waals surface area contributed by atoms with Gasteiger partial charge < -0.3 is 9.79 Å². The maximum Gasteiger partial charge on any atom is 1.00 e. The van der Waals surface area contributed by atoms with Gasteiger partial charge in [-0.3, -0.25) is 48.3 Å². The molecule has 0 aliphatic carbocycles. The molecule has 30 heteroatoms. The van der Waals surface area contributed by atoms with E-state index in [1.54, 1.807) is 6.92 Å². The van der Waals surface area contributed by atoms with Gasteiger partial charge in [0.2, 0.25) is 0 Å². The number of rotatable bonds is 2. The van der Waals surface area contributed by atoms with Gasteiger partial charge in [0, 0.05) is 0 Å². The van der Waals surface area contributed by atoms with Gasteiger partial charge in [0.15, 0.2) is 0 Å². The van der Waals surface area contributed by atoms with Crippen molar-refractivity contribution in [3.05, 3.63) is 0 Å². The van der Waals surface area contributed by atoms with E-state index in [0.717, 1.165) is 0 Å². The molecule has 0 saturated heterocycles. The monoisotopic (exact) mass is 630 g/mol. The molecule has 33 heavy (non-hydrogen) atoms. The molecule has 0 aliphatic heterocycles. The molecule has 0 amide bonds. The van der Waals surface area contributed by atoms with Crippen LogP contribution < -0.4 is 23.8 Å². The number of hydrogen-bond acceptors (Lipinski definition) is 8. The van der Waals surface area contributed by atoms with Gasteiger partial charge in [-0.2, -0.15) is 12.6 Å². The Morgan fingerprint density at radius 2 is 0.727 bits per heavy atom.